The molecule has 2 aromatic rings. The maximum atomic E-state index is 13.1. The van der Waals surface area contributed by atoms with Crippen molar-refractivity contribution in [3.63, 3.8) is 0 Å². The summed E-state index contributed by atoms with van der Waals surface area (Å²) in [6, 6.07) is 7.29. The molecule has 3 nitrogen and oxygen atoms in total. The molecule has 2 N–H and O–H groups in total. The van der Waals surface area contributed by atoms with E-state index in [9.17, 15) is 18.3 Å². The molecule has 0 bridgehead atoms. The lowest BCUT2D eigenvalue weighted by Crippen LogP contribution is -2.30. The average molecular weight is 365 g/mol. The first-order valence-corrected chi connectivity index (χ1v) is 8.49. The van der Waals surface area contributed by atoms with E-state index < -0.39 is 17.3 Å². The summed E-state index contributed by atoms with van der Waals surface area (Å²) in [6.07, 6.45) is -4.43. The van der Waals surface area contributed by atoms with E-state index in [-0.39, 0.29) is 11.8 Å². The fourth-order valence-corrected chi connectivity index (χ4v) is 3.20. The monoisotopic (exact) mass is 365 g/mol. The van der Waals surface area contributed by atoms with Crippen LogP contribution in [0.4, 0.5) is 13.2 Å². The smallest absolute Gasteiger partial charge is 0.416 e. The summed E-state index contributed by atoms with van der Waals surface area (Å²) >= 11 is 0. The molecule has 1 aliphatic rings. The number of hydrogen-bond acceptors (Lipinski definition) is 3. The number of fused-ring (bicyclic) bond motifs is 3. The quantitative estimate of drug-likeness (QED) is 0.785. The van der Waals surface area contributed by atoms with Crippen LogP contribution in [0.5, 0.6) is 11.5 Å². The Hall–Kier alpha value is -2.21. The Bertz CT molecular complexity index is 842. The molecule has 0 saturated heterocycles. The number of halogens is 3. The summed E-state index contributed by atoms with van der Waals surface area (Å²) < 4.78 is 45.3. The van der Waals surface area contributed by atoms with Gasteiger partial charge in [0.25, 0.3) is 0 Å². The molecule has 0 saturated carbocycles. The number of aromatic hydroxyl groups is 1. The Morgan fingerprint density at radius 1 is 1.15 bits per heavy atom. The molecule has 0 radical (unpaired) electrons. The van der Waals surface area contributed by atoms with Crippen molar-refractivity contribution in [2.24, 2.45) is 0 Å². The van der Waals surface area contributed by atoms with Crippen molar-refractivity contribution in [2.75, 3.05) is 0 Å². The van der Waals surface area contributed by atoms with Gasteiger partial charge in [-0.05, 0) is 49.2 Å². The third-order valence-corrected chi connectivity index (χ3v) is 4.49. The first kappa shape index (κ1) is 18.6. The van der Waals surface area contributed by atoms with Gasteiger partial charge in [-0.3, -0.25) is 0 Å². The van der Waals surface area contributed by atoms with E-state index in [0.29, 0.717) is 29.0 Å². The Morgan fingerprint density at radius 2 is 1.85 bits per heavy atom. The van der Waals surface area contributed by atoms with Crippen LogP contribution in [-0.4, -0.2) is 11.1 Å². The van der Waals surface area contributed by atoms with E-state index in [2.05, 4.69) is 5.32 Å². The topological polar surface area (TPSA) is 41.5 Å². The highest BCUT2D eigenvalue weighted by atomic mass is 19.4. The summed E-state index contributed by atoms with van der Waals surface area (Å²) in [4.78, 5) is 0. The molecule has 6 heteroatoms. The summed E-state index contributed by atoms with van der Waals surface area (Å²) in [7, 11) is 0. The van der Waals surface area contributed by atoms with E-state index in [4.69, 9.17) is 4.74 Å². The third-order valence-electron chi connectivity index (χ3n) is 4.49. The van der Waals surface area contributed by atoms with Crippen LogP contribution in [0.15, 0.2) is 30.3 Å². The van der Waals surface area contributed by atoms with Crippen molar-refractivity contribution in [3.8, 4) is 22.6 Å². The number of benzene rings is 2. The minimum absolute atomic E-state index is 0.000403. The number of rotatable bonds is 3. The van der Waals surface area contributed by atoms with Crippen LogP contribution in [0, 0.1) is 0 Å². The molecule has 3 rings (SSSR count). The van der Waals surface area contributed by atoms with E-state index >= 15 is 0 Å². The second-order valence-corrected chi connectivity index (χ2v) is 7.39. The first-order chi connectivity index (χ1) is 12.0. The lowest BCUT2D eigenvalue weighted by atomic mass is 9.84. The van der Waals surface area contributed by atoms with Crippen molar-refractivity contribution in [3.05, 3.63) is 47.0 Å². The molecule has 0 fully saturated rings. The van der Waals surface area contributed by atoms with E-state index in [0.717, 1.165) is 17.7 Å². The highest BCUT2D eigenvalue weighted by molar-refractivity contribution is 5.82. The molecule has 0 aliphatic carbocycles. The van der Waals surface area contributed by atoms with Gasteiger partial charge in [0.05, 0.1) is 11.1 Å². The summed E-state index contributed by atoms with van der Waals surface area (Å²) in [5.74, 6) is 0.474. The molecule has 0 atom stereocenters. The van der Waals surface area contributed by atoms with Crippen LogP contribution in [0.1, 0.15) is 44.4 Å². The lowest BCUT2D eigenvalue weighted by molar-refractivity contribution is -0.137. The van der Waals surface area contributed by atoms with Crippen LogP contribution in [0.2, 0.25) is 0 Å². The van der Waals surface area contributed by atoms with Crippen LogP contribution in [0.25, 0.3) is 11.1 Å². The maximum Gasteiger partial charge on any atom is 0.416 e. The third kappa shape index (κ3) is 3.38. The summed E-state index contributed by atoms with van der Waals surface area (Å²) in [5, 5.41) is 13.8. The lowest BCUT2D eigenvalue weighted by Gasteiger charge is -2.36. The Balaban J connectivity index is 2.12. The minimum atomic E-state index is -4.43. The van der Waals surface area contributed by atoms with E-state index in [1.807, 2.05) is 19.9 Å². The van der Waals surface area contributed by atoms with Gasteiger partial charge in [-0.15, -0.1) is 0 Å². The van der Waals surface area contributed by atoms with Crippen LogP contribution >= 0.6 is 0 Å². The zero-order valence-corrected chi connectivity index (χ0v) is 15.2. The van der Waals surface area contributed by atoms with Crippen molar-refractivity contribution in [1.82, 2.24) is 5.32 Å². The molecule has 0 unspecified atom stereocenters. The second kappa shape index (κ2) is 6.20. The van der Waals surface area contributed by atoms with Gasteiger partial charge in [0, 0.05) is 18.2 Å². The Morgan fingerprint density at radius 3 is 2.46 bits per heavy atom. The maximum absolute atomic E-state index is 13.1. The SMILES string of the molecule is CC(C)NCc1cc(O)c2c(c1)OC(C)(C)c1cc(C(F)(F)F)ccc1-2. The van der Waals surface area contributed by atoms with Crippen molar-refractivity contribution >= 4 is 0 Å². The summed E-state index contributed by atoms with van der Waals surface area (Å²) in [6.45, 7) is 8.05. The Kier molecular flexibility index (Phi) is 4.43. The molecule has 0 spiro atoms. The van der Waals surface area contributed by atoms with Gasteiger partial charge in [-0.1, -0.05) is 19.9 Å². The number of alkyl halides is 3. The van der Waals surface area contributed by atoms with Crippen molar-refractivity contribution in [1.29, 1.82) is 0 Å². The van der Waals surface area contributed by atoms with Gasteiger partial charge < -0.3 is 15.2 Å². The molecule has 26 heavy (non-hydrogen) atoms. The normalized spacial score (nSPS) is 15.4. The fraction of sp³-hybridized carbons (Fsp3) is 0.400. The van der Waals surface area contributed by atoms with E-state index in [1.165, 1.54) is 6.07 Å². The van der Waals surface area contributed by atoms with Crippen LogP contribution < -0.4 is 10.1 Å². The summed E-state index contributed by atoms with van der Waals surface area (Å²) in [5.41, 5.74) is 0.574. The average Bonchev–Trinajstić information content (AvgIpc) is 2.50. The van der Waals surface area contributed by atoms with Crippen molar-refractivity contribution < 1.29 is 23.0 Å². The zero-order valence-electron chi connectivity index (χ0n) is 15.2. The predicted molar refractivity (Wildman–Crippen MR) is 94.2 cm³/mol. The van der Waals surface area contributed by atoms with Crippen LogP contribution in [0.3, 0.4) is 0 Å². The highest BCUT2D eigenvalue weighted by Crippen LogP contribution is 2.50. The molecule has 1 heterocycles. The second-order valence-electron chi connectivity index (χ2n) is 7.39. The fourth-order valence-electron chi connectivity index (χ4n) is 3.20. The number of nitrogens with one attached hydrogen (secondary N) is 1. The molecule has 1 aliphatic heterocycles. The van der Waals surface area contributed by atoms with Crippen LogP contribution in [-0.2, 0) is 18.3 Å². The number of phenols is 1. The van der Waals surface area contributed by atoms with Gasteiger partial charge in [0.15, 0.2) is 0 Å². The molecule has 140 valence electrons. The standard InChI is InChI=1S/C20H22F3NO2/c1-11(2)24-10-12-7-16(25)18-14-6-5-13(20(21,22)23)9-15(14)19(3,4)26-17(18)8-12/h5-9,11,24-25H,10H2,1-4H3. The van der Waals surface area contributed by atoms with Gasteiger partial charge in [0.2, 0.25) is 0 Å². The number of hydrogen-bond donors (Lipinski definition) is 2. The predicted octanol–water partition coefficient (Wildman–Crippen LogP) is 5.20. The molecule has 0 amide bonds. The highest BCUT2D eigenvalue weighted by Gasteiger charge is 2.38. The zero-order chi connectivity index (χ0) is 19.3. The number of phenolic OH excluding ortho intramolecular Hbond substituents is 1. The molecule has 2 aromatic carbocycles. The molecular weight excluding hydrogens is 343 g/mol. The Labute approximate surface area is 150 Å². The van der Waals surface area contributed by atoms with Crippen molar-refractivity contribution in [2.45, 2.75) is 52.1 Å². The van der Waals surface area contributed by atoms with Gasteiger partial charge in [-0.25, -0.2) is 0 Å². The first-order valence-electron chi connectivity index (χ1n) is 8.49. The minimum Gasteiger partial charge on any atom is -0.507 e. The van der Waals surface area contributed by atoms with Gasteiger partial charge >= 0.3 is 6.18 Å². The largest absolute Gasteiger partial charge is 0.507 e. The van der Waals surface area contributed by atoms with E-state index in [1.54, 1.807) is 19.9 Å². The number of ether oxygens (including phenoxy) is 1. The van der Waals surface area contributed by atoms with Gasteiger partial charge in [-0.2, -0.15) is 13.2 Å². The molecule has 0 aromatic heterocycles. The molecular formula is C20H22F3NO2. The van der Waals surface area contributed by atoms with Gasteiger partial charge in [0.1, 0.15) is 17.1 Å².